The van der Waals surface area contributed by atoms with E-state index in [1.165, 1.54) is 10.5 Å². The standard InChI is InChI=1S/C18H27N5O2S/c1-5-24-14(3)17-22-16(25-23-17)12-21-18(19-4)20-10-11-26-15-8-6-13(2)7-9-15/h6-9,14H,5,10-12H2,1-4H3,(H2,19,20,21). The van der Waals surface area contributed by atoms with Crippen molar-refractivity contribution in [2.45, 2.75) is 38.3 Å². The van der Waals surface area contributed by atoms with Gasteiger partial charge in [0.25, 0.3) is 0 Å². The third-order valence-corrected chi connectivity index (χ3v) is 4.59. The monoisotopic (exact) mass is 377 g/mol. The van der Waals surface area contributed by atoms with Gasteiger partial charge in [0, 0.05) is 30.8 Å². The minimum Gasteiger partial charge on any atom is -0.371 e. The van der Waals surface area contributed by atoms with Crippen LogP contribution in [0.15, 0.2) is 38.7 Å². The molecule has 2 N–H and O–H groups in total. The molecule has 2 aromatic rings. The molecule has 0 bridgehead atoms. The molecule has 0 saturated carbocycles. The molecule has 7 nitrogen and oxygen atoms in total. The zero-order chi connectivity index (χ0) is 18.8. The van der Waals surface area contributed by atoms with Gasteiger partial charge < -0.3 is 19.9 Å². The molecule has 1 aromatic carbocycles. The first-order valence-corrected chi connectivity index (χ1v) is 9.69. The summed E-state index contributed by atoms with van der Waals surface area (Å²) in [6.07, 6.45) is -0.172. The van der Waals surface area contributed by atoms with E-state index in [1.54, 1.807) is 7.05 Å². The molecule has 0 aliphatic rings. The molecule has 0 radical (unpaired) electrons. The smallest absolute Gasteiger partial charge is 0.246 e. The average Bonchev–Trinajstić information content (AvgIpc) is 3.12. The molecule has 1 heterocycles. The number of hydrogen-bond donors (Lipinski definition) is 2. The summed E-state index contributed by atoms with van der Waals surface area (Å²) >= 11 is 1.81. The third kappa shape index (κ3) is 6.68. The van der Waals surface area contributed by atoms with E-state index in [0.717, 1.165) is 12.3 Å². The highest BCUT2D eigenvalue weighted by atomic mass is 32.2. The molecule has 0 aliphatic carbocycles. The van der Waals surface area contributed by atoms with Gasteiger partial charge >= 0.3 is 0 Å². The fraction of sp³-hybridized carbons (Fsp3) is 0.500. The van der Waals surface area contributed by atoms with Crippen molar-refractivity contribution in [3.8, 4) is 0 Å². The van der Waals surface area contributed by atoms with E-state index in [1.807, 2.05) is 25.6 Å². The number of ether oxygens (including phenoxy) is 1. The fourth-order valence-corrected chi connectivity index (χ4v) is 2.95. The van der Waals surface area contributed by atoms with Crippen LogP contribution in [0.4, 0.5) is 0 Å². The van der Waals surface area contributed by atoms with E-state index < -0.39 is 0 Å². The lowest BCUT2D eigenvalue weighted by molar-refractivity contribution is 0.0683. The first kappa shape index (κ1) is 20.3. The van der Waals surface area contributed by atoms with Crippen LogP contribution in [0.3, 0.4) is 0 Å². The SMILES string of the molecule is CCOC(C)c1noc(CNC(=NC)NCCSc2ccc(C)cc2)n1. The van der Waals surface area contributed by atoms with Crippen molar-refractivity contribution in [1.82, 2.24) is 20.8 Å². The van der Waals surface area contributed by atoms with Gasteiger partial charge in [-0.1, -0.05) is 22.9 Å². The lowest BCUT2D eigenvalue weighted by atomic mass is 10.2. The van der Waals surface area contributed by atoms with Gasteiger partial charge in [-0.25, -0.2) is 0 Å². The lowest BCUT2D eigenvalue weighted by Crippen LogP contribution is -2.38. The maximum atomic E-state index is 5.45. The summed E-state index contributed by atoms with van der Waals surface area (Å²) < 4.78 is 10.7. The van der Waals surface area contributed by atoms with Crippen molar-refractivity contribution in [1.29, 1.82) is 0 Å². The van der Waals surface area contributed by atoms with Crippen LogP contribution in [0.5, 0.6) is 0 Å². The molecule has 1 atom stereocenters. The number of benzene rings is 1. The average molecular weight is 378 g/mol. The van der Waals surface area contributed by atoms with Gasteiger partial charge in [0.05, 0.1) is 6.54 Å². The van der Waals surface area contributed by atoms with E-state index in [4.69, 9.17) is 9.26 Å². The van der Waals surface area contributed by atoms with Gasteiger partial charge in [0.15, 0.2) is 11.8 Å². The highest BCUT2D eigenvalue weighted by Crippen LogP contribution is 2.17. The number of hydrogen-bond acceptors (Lipinski definition) is 6. The van der Waals surface area contributed by atoms with Crippen LogP contribution in [0.1, 0.15) is 37.2 Å². The Morgan fingerprint density at radius 2 is 2.08 bits per heavy atom. The second-order valence-electron chi connectivity index (χ2n) is 5.66. The van der Waals surface area contributed by atoms with Crippen LogP contribution in [0, 0.1) is 6.92 Å². The minimum atomic E-state index is -0.172. The Labute approximate surface area is 159 Å². The zero-order valence-electron chi connectivity index (χ0n) is 15.8. The number of nitrogens with one attached hydrogen (secondary N) is 2. The number of aromatic nitrogens is 2. The summed E-state index contributed by atoms with van der Waals surface area (Å²) in [4.78, 5) is 9.79. The van der Waals surface area contributed by atoms with Crippen LogP contribution >= 0.6 is 11.8 Å². The summed E-state index contributed by atoms with van der Waals surface area (Å²) in [5, 5.41) is 10.4. The molecule has 142 valence electrons. The summed E-state index contributed by atoms with van der Waals surface area (Å²) in [5.41, 5.74) is 1.27. The second kappa shape index (κ2) is 10.8. The van der Waals surface area contributed by atoms with Gasteiger partial charge in [-0.15, -0.1) is 11.8 Å². The van der Waals surface area contributed by atoms with Crippen LogP contribution in [0.2, 0.25) is 0 Å². The Morgan fingerprint density at radius 1 is 1.31 bits per heavy atom. The number of nitrogens with zero attached hydrogens (tertiary/aromatic N) is 3. The van der Waals surface area contributed by atoms with E-state index in [-0.39, 0.29) is 6.10 Å². The van der Waals surface area contributed by atoms with E-state index >= 15 is 0 Å². The Bertz CT molecular complexity index is 687. The molecular weight excluding hydrogens is 350 g/mol. The summed E-state index contributed by atoms with van der Waals surface area (Å²) in [6, 6.07) is 8.54. The Kier molecular flexibility index (Phi) is 8.43. The normalized spacial score (nSPS) is 12.8. The topological polar surface area (TPSA) is 84.6 Å². The first-order chi connectivity index (χ1) is 12.6. The van der Waals surface area contributed by atoms with E-state index in [0.29, 0.717) is 30.8 Å². The number of rotatable bonds is 9. The van der Waals surface area contributed by atoms with E-state index in [9.17, 15) is 0 Å². The lowest BCUT2D eigenvalue weighted by Gasteiger charge is -2.10. The predicted octanol–water partition coefficient (Wildman–Crippen LogP) is 2.93. The largest absolute Gasteiger partial charge is 0.371 e. The van der Waals surface area contributed by atoms with Crippen LogP contribution in [0.25, 0.3) is 0 Å². The first-order valence-electron chi connectivity index (χ1n) is 8.70. The van der Waals surface area contributed by atoms with Crippen molar-refractivity contribution in [2.75, 3.05) is 26.0 Å². The third-order valence-electron chi connectivity index (χ3n) is 3.58. The van der Waals surface area contributed by atoms with E-state index in [2.05, 4.69) is 57.0 Å². The molecule has 1 aromatic heterocycles. The number of guanidine groups is 1. The van der Waals surface area contributed by atoms with Crippen molar-refractivity contribution >= 4 is 17.7 Å². The van der Waals surface area contributed by atoms with Gasteiger partial charge in [0.1, 0.15) is 6.10 Å². The molecule has 0 spiro atoms. The molecular formula is C18H27N5O2S. The maximum Gasteiger partial charge on any atom is 0.246 e. The van der Waals surface area contributed by atoms with Crippen LogP contribution < -0.4 is 10.6 Å². The minimum absolute atomic E-state index is 0.172. The Hall–Kier alpha value is -2.06. The summed E-state index contributed by atoms with van der Waals surface area (Å²) in [6.45, 7) is 7.75. The zero-order valence-corrected chi connectivity index (χ0v) is 16.6. The molecule has 1 unspecified atom stereocenters. The van der Waals surface area contributed by atoms with Crippen molar-refractivity contribution in [3.63, 3.8) is 0 Å². The van der Waals surface area contributed by atoms with Gasteiger partial charge in [0.2, 0.25) is 5.89 Å². The summed E-state index contributed by atoms with van der Waals surface area (Å²) in [5.74, 6) is 2.71. The van der Waals surface area contributed by atoms with Gasteiger partial charge in [-0.05, 0) is 32.9 Å². The highest BCUT2D eigenvalue weighted by molar-refractivity contribution is 7.99. The molecule has 0 aliphatic heterocycles. The van der Waals surface area contributed by atoms with Crippen molar-refractivity contribution in [2.24, 2.45) is 4.99 Å². The molecule has 0 amide bonds. The number of aryl methyl sites for hydroxylation is 1. The van der Waals surface area contributed by atoms with Crippen molar-refractivity contribution < 1.29 is 9.26 Å². The molecule has 26 heavy (non-hydrogen) atoms. The Balaban J connectivity index is 1.70. The maximum absolute atomic E-state index is 5.45. The second-order valence-corrected chi connectivity index (χ2v) is 6.83. The molecule has 2 rings (SSSR count). The molecule has 0 saturated heterocycles. The molecule has 0 fully saturated rings. The predicted molar refractivity (Wildman–Crippen MR) is 104 cm³/mol. The van der Waals surface area contributed by atoms with Gasteiger partial charge in [-0.2, -0.15) is 4.98 Å². The highest BCUT2D eigenvalue weighted by Gasteiger charge is 2.13. The number of thioether (sulfide) groups is 1. The number of aliphatic imine (C=N–C) groups is 1. The molecule has 8 heteroatoms. The quantitative estimate of drug-likeness (QED) is 0.301. The summed E-state index contributed by atoms with van der Waals surface area (Å²) in [7, 11) is 1.73. The van der Waals surface area contributed by atoms with Crippen LogP contribution in [-0.2, 0) is 11.3 Å². The van der Waals surface area contributed by atoms with Crippen molar-refractivity contribution in [3.05, 3.63) is 41.5 Å². The van der Waals surface area contributed by atoms with Gasteiger partial charge in [-0.3, -0.25) is 4.99 Å². The fourth-order valence-electron chi connectivity index (χ4n) is 2.18. The Morgan fingerprint density at radius 3 is 2.77 bits per heavy atom. The van der Waals surface area contributed by atoms with Crippen LogP contribution in [-0.4, -0.2) is 42.1 Å².